The molecule has 0 spiro atoms. The molecule has 0 radical (unpaired) electrons. The molecule has 0 bridgehead atoms. The largest absolute Gasteiger partial charge is 0.511 e. The minimum absolute atomic E-state index is 0.0603. The van der Waals surface area contributed by atoms with Gasteiger partial charge in [-0.05, 0) is 30.4 Å². The number of alkyl halides is 3. The molecular formula is C17H24ClF3N4O2S. The Morgan fingerprint density at radius 3 is 2.46 bits per heavy atom. The van der Waals surface area contributed by atoms with Gasteiger partial charge in [-0.15, -0.1) is 0 Å². The number of aliphatic imine (C=N–C) groups is 1. The number of hydrogen-bond donors (Lipinski definition) is 1. The first-order chi connectivity index (χ1) is 13.1. The Bertz CT molecular complexity index is 794. The molecule has 1 fully saturated rings. The van der Waals surface area contributed by atoms with Crippen LogP contribution >= 0.6 is 11.6 Å². The van der Waals surface area contributed by atoms with Crippen molar-refractivity contribution in [3.8, 4) is 0 Å². The van der Waals surface area contributed by atoms with Gasteiger partial charge in [-0.25, -0.2) is 8.42 Å². The van der Waals surface area contributed by atoms with Crippen LogP contribution in [0.25, 0.3) is 0 Å². The number of rotatable bonds is 5. The topological polar surface area (TPSA) is 65.0 Å². The molecule has 158 valence electrons. The first-order valence-electron chi connectivity index (χ1n) is 8.78. The monoisotopic (exact) mass is 440 g/mol. The molecule has 1 saturated heterocycles. The Labute approximate surface area is 168 Å². The molecule has 0 saturated carbocycles. The summed E-state index contributed by atoms with van der Waals surface area (Å²) in [6, 6.07) is 7.48. The molecule has 0 atom stereocenters. The molecule has 1 aliphatic rings. The Morgan fingerprint density at radius 2 is 1.93 bits per heavy atom. The van der Waals surface area contributed by atoms with E-state index in [4.69, 9.17) is 11.6 Å². The highest BCUT2D eigenvalue weighted by atomic mass is 35.5. The molecular weight excluding hydrogens is 417 g/mol. The summed E-state index contributed by atoms with van der Waals surface area (Å²) in [4.78, 5) is 6.11. The number of benzene rings is 1. The first-order valence-corrected chi connectivity index (χ1v) is 10.6. The van der Waals surface area contributed by atoms with Gasteiger partial charge >= 0.3 is 15.5 Å². The number of piperidine rings is 1. The number of nitrogens with one attached hydrogen (secondary N) is 1. The van der Waals surface area contributed by atoms with E-state index < -0.39 is 15.5 Å². The normalized spacial score (nSPS) is 17.6. The van der Waals surface area contributed by atoms with Crippen LogP contribution in [-0.4, -0.2) is 62.8 Å². The third-order valence-corrected chi connectivity index (χ3v) is 6.69. The maximum absolute atomic E-state index is 12.6. The maximum atomic E-state index is 12.6. The van der Waals surface area contributed by atoms with Crippen LogP contribution in [0.3, 0.4) is 0 Å². The van der Waals surface area contributed by atoms with Gasteiger partial charge in [0, 0.05) is 45.3 Å². The zero-order chi connectivity index (χ0) is 20.9. The van der Waals surface area contributed by atoms with Crippen LogP contribution in [0.1, 0.15) is 18.4 Å². The lowest BCUT2D eigenvalue weighted by Gasteiger charge is -2.32. The summed E-state index contributed by atoms with van der Waals surface area (Å²) in [5.74, 6) is 0.690. The standard InChI is InChI=1S/C17H24ClF3N4O2S/c1-22-16(24(2)12-14-5-3-4-6-15(14)18)23-11-13-7-9-25(10-8-13)28(26,27)17(19,20)21/h3-6,13H,7-12H2,1-2H3,(H,22,23). The predicted molar refractivity (Wildman–Crippen MR) is 104 cm³/mol. The van der Waals surface area contributed by atoms with Crippen molar-refractivity contribution in [1.29, 1.82) is 0 Å². The fourth-order valence-electron chi connectivity index (χ4n) is 3.08. The van der Waals surface area contributed by atoms with Crippen LogP contribution in [0, 0.1) is 5.92 Å². The molecule has 1 aromatic carbocycles. The highest BCUT2D eigenvalue weighted by Crippen LogP contribution is 2.30. The van der Waals surface area contributed by atoms with Gasteiger partial charge in [0.05, 0.1) is 0 Å². The molecule has 11 heteroatoms. The van der Waals surface area contributed by atoms with Gasteiger partial charge in [0.2, 0.25) is 0 Å². The zero-order valence-electron chi connectivity index (χ0n) is 15.7. The van der Waals surface area contributed by atoms with Crippen molar-refractivity contribution in [2.45, 2.75) is 24.9 Å². The molecule has 1 aliphatic heterocycles. The van der Waals surface area contributed by atoms with Crippen LogP contribution in [0.5, 0.6) is 0 Å². The summed E-state index contributed by atoms with van der Waals surface area (Å²) in [5, 5.41) is 3.86. The van der Waals surface area contributed by atoms with E-state index in [0.29, 0.717) is 41.2 Å². The van der Waals surface area contributed by atoms with Gasteiger partial charge in [0.25, 0.3) is 0 Å². The second-order valence-corrected chi connectivity index (χ2v) is 9.01. The van der Waals surface area contributed by atoms with Gasteiger partial charge in [0.1, 0.15) is 0 Å². The second kappa shape index (κ2) is 9.32. The van der Waals surface area contributed by atoms with Gasteiger partial charge in [-0.1, -0.05) is 29.8 Å². The van der Waals surface area contributed by atoms with Gasteiger partial charge < -0.3 is 10.2 Å². The van der Waals surface area contributed by atoms with E-state index in [1.807, 2.05) is 36.2 Å². The highest BCUT2D eigenvalue weighted by molar-refractivity contribution is 7.90. The highest BCUT2D eigenvalue weighted by Gasteiger charge is 2.50. The summed E-state index contributed by atoms with van der Waals surface area (Å²) in [6.45, 7) is 0.769. The molecule has 28 heavy (non-hydrogen) atoms. The number of guanidine groups is 1. The van der Waals surface area contributed by atoms with E-state index in [9.17, 15) is 21.6 Å². The Kier molecular flexibility index (Phi) is 7.58. The van der Waals surface area contributed by atoms with Gasteiger partial charge in [-0.2, -0.15) is 17.5 Å². The average molecular weight is 441 g/mol. The molecule has 1 heterocycles. The second-order valence-electron chi connectivity index (χ2n) is 6.67. The summed E-state index contributed by atoms with van der Waals surface area (Å²) in [6.07, 6.45) is 0.709. The van der Waals surface area contributed by atoms with Gasteiger partial charge in [-0.3, -0.25) is 4.99 Å². The molecule has 6 nitrogen and oxygen atoms in total. The lowest BCUT2D eigenvalue weighted by Crippen LogP contribution is -2.47. The SMILES string of the molecule is CN=C(NCC1CCN(S(=O)(=O)C(F)(F)F)CC1)N(C)Cc1ccccc1Cl. The van der Waals surface area contributed by atoms with Crippen molar-refractivity contribution in [2.24, 2.45) is 10.9 Å². The van der Waals surface area contributed by atoms with Crippen molar-refractivity contribution in [3.63, 3.8) is 0 Å². The van der Waals surface area contributed by atoms with E-state index in [-0.39, 0.29) is 19.0 Å². The Balaban J connectivity index is 1.86. The van der Waals surface area contributed by atoms with Crippen LogP contribution in [0.15, 0.2) is 29.3 Å². The molecule has 1 N–H and O–H groups in total. The van der Waals surface area contributed by atoms with E-state index in [1.54, 1.807) is 7.05 Å². The van der Waals surface area contributed by atoms with E-state index >= 15 is 0 Å². The minimum Gasteiger partial charge on any atom is -0.356 e. The van der Waals surface area contributed by atoms with Crippen molar-refractivity contribution >= 4 is 27.6 Å². The zero-order valence-corrected chi connectivity index (χ0v) is 17.3. The summed E-state index contributed by atoms with van der Waals surface area (Å²) < 4.78 is 61.4. The molecule has 0 unspecified atom stereocenters. The fourth-order valence-corrected chi connectivity index (χ4v) is 4.26. The fraction of sp³-hybridized carbons (Fsp3) is 0.588. The average Bonchev–Trinajstić information content (AvgIpc) is 2.63. The third-order valence-electron chi connectivity index (χ3n) is 4.69. The number of halogens is 4. The van der Waals surface area contributed by atoms with Crippen LogP contribution in [0.2, 0.25) is 5.02 Å². The third kappa shape index (κ3) is 5.51. The molecule has 1 aromatic rings. The molecule has 0 aromatic heterocycles. The number of nitrogens with zero attached hydrogens (tertiary/aromatic N) is 3. The summed E-state index contributed by atoms with van der Waals surface area (Å²) in [5.41, 5.74) is -4.30. The number of sulfonamides is 1. The van der Waals surface area contributed by atoms with E-state index in [2.05, 4.69) is 10.3 Å². The van der Waals surface area contributed by atoms with Crippen LogP contribution in [0.4, 0.5) is 13.2 Å². The lowest BCUT2D eigenvalue weighted by atomic mass is 9.98. The van der Waals surface area contributed by atoms with Crippen molar-refractivity contribution in [1.82, 2.24) is 14.5 Å². The van der Waals surface area contributed by atoms with Crippen molar-refractivity contribution < 1.29 is 21.6 Å². The van der Waals surface area contributed by atoms with Crippen molar-refractivity contribution in [3.05, 3.63) is 34.9 Å². The quantitative estimate of drug-likeness (QED) is 0.565. The Morgan fingerprint density at radius 1 is 1.32 bits per heavy atom. The summed E-state index contributed by atoms with van der Waals surface area (Å²) in [7, 11) is -1.74. The minimum atomic E-state index is -5.25. The first kappa shape index (κ1) is 22.8. The predicted octanol–water partition coefficient (Wildman–Crippen LogP) is 2.91. The van der Waals surface area contributed by atoms with E-state index in [0.717, 1.165) is 5.56 Å². The van der Waals surface area contributed by atoms with E-state index in [1.165, 1.54) is 0 Å². The molecule has 0 aliphatic carbocycles. The summed E-state index contributed by atoms with van der Waals surface area (Å²) >= 11 is 6.18. The lowest BCUT2D eigenvalue weighted by molar-refractivity contribution is -0.0496. The van der Waals surface area contributed by atoms with Crippen LogP contribution < -0.4 is 5.32 Å². The Hall–Kier alpha value is -1.52. The van der Waals surface area contributed by atoms with Crippen molar-refractivity contribution in [2.75, 3.05) is 33.7 Å². The molecule has 2 rings (SSSR count). The number of hydrogen-bond acceptors (Lipinski definition) is 3. The van der Waals surface area contributed by atoms with Gasteiger partial charge in [0.15, 0.2) is 5.96 Å². The van der Waals surface area contributed by atoms with Crippen LogP contribution in [-0.2, 0) is 16.6 Å². The smallest absolute Gasteiger partial charge is 0.356 e. The maximum Gasteiger partial charge on any atom is 0.511 e. The molecule has 0 amide bonds.